The fourth-order valence-corrected chi connectivity index (χ4v) is 0.971. The summed E-state index contributed by atoms with van der Waals surface area (Å²) in [5.74, 6) is 0. The number of anilines is 1. The van der Waals surface area contributed by atoms with Crippen molar-refractivity contribution in [2.24, 2.45) is 5.73 Å². The van der Waals surface area contributed by atoms with Crippen LogP contribution in [0, 0.1) is 0 Å². The molecular formula is C8H10N3O2+. The van der Waals surface area contributed by atoms with E-state index >= 15 is 0 Å². The van der Waals surface area contributed by atoms with Crippen LogP contribution in [-0.4, -0.2) is 12.1 Å². The molecule has 0 bridgehead atoms. The molecule has 0 saturated carbocycles. The summed E-state index contributed by atoms with van der Waals surface area (Å²) in [6.45, 7) is 0. The molecular weight excluding hydrogens is 170 g/mol. The Labute approximate surface area is 74.9 Å². The quantitative estimate of drug-likeness (QED) is 0.633. The van der Waals surface area contributed by atoms with E-state index in [0.29, 0.717) is 5.69 Å². The molecule has 0 unspecified atom stereocenters. The number of amides is 4. The average Bonchev–Trinajstić information content (AvgIpc) is 2.04. The molecule has 13 heavy (non-hydrogen) atoms. The number of nitrogens with zero attached hydrogens (tertiary/aromatic N) is 1. The predicted octanol–water partition coefficient (Wildman–Crippen LogP) is -0.0664. The van der Waals surface area contributed by atoms with Gasteiger partial charge in [-0.2, -0.15) is 4.90 Å². The Morgan fingerprint density at radius 1 is 1.23 bits per heavy atom. The van der Waals surface area contributed by atoms with Crippen LogP contribution in [0.25, 0.3) is 0 Å². The van der Waals surface area contributed by atoms with E-state index in [1.54, 1.807) is 30.3 Å². The molecule has 1 aromatic carbocycles. The molecule has 0 aliphatic heterocycles. The van der Waals surface area contributed by atoms with E-state index in [1.807, 2.05) is 0 Å². The third kappa shape index (κ3) is 2.03. The first-order chi connectivity index (χ1) is 6.13. The number of imide groups is 1. The lowest BCUT2D eigenvalue weighted by molar-refractivity contribution is -0.245. The SMILES string of the molecule is NC(=O)N(C([NH3+])=O)c1ccccc1. The molecule has 5 heteroatoms. The Hall–Kier alpha value is -1.88. The molecule has 0 spiro atoms. The number of carbonyl (C=O) groups is 2. The molecule has 0 aliphatic rings. The van der Waals surface area contributed by atoms with Crippen LogP contribution in [-0.2, 0) is 0 Å². The van der Waals surface area contributed by atoms with Gasteiger partial charge in [-0.1, -0.05) is 18.2 Å². The summed E-state index contributed by atoms with van der Waals surface area (Å²) < 4.78 is 0. The molecule has 0 saturated heterocycles. The molecule has 0 fully saturated rings. The summed E-state index contributed by atoms with van der Waals surface area (Å²) >= 11 is 0. The standard InChI is InChI=1S/C8H9N3O2/c9-7(12)11(8(10)13)6-4-2-1-3-5-6/h1-5H,(H2,9,12)(H2,10,13)/p+1. The number of primary amides is 1. The zero-order chi connectivity index (χ0) is 9.84. The lowest BCUT2D eigenvalue weighted by Crippen LogP contribution is -2.66. The van der Waals surface area contributed by atoms with Crippen molar-refractivity contribution in [2.45, 2.75) is 0 Å². The van der Waals surface area contributed by atoms with E-state index in [-0.39, 0.29) is 0 Å². The normalized spacial score (nSPS) is 9.31. The number of rotatable bonds is 1. The van der Waals surface area contributed by atoms with Crippen LogP contribution in [0.3, 0.4) is 0 Å². The Morgan fingerprint density at radius 3 is 2.15 bits per heavy atom. The largest absolute Gasteiger partial charge is 0.426 e. The summed E-state index contributed by atoms with van der Waals surface area (Å²) in [6, 6.07) is 6.92. The van der Waals surface area contributed by atoms with Crippen LogP contribution in [0.1, 0.15) is 0 Å². The van der Waals surface area contributed by atoms with Gasteiger partial charge in [0.1, 0.15) is 0 Å². The maximum atomic E-state index is 10.9. The second-order valence-electron chi connectivity index (χ2n) is 2.40. The highest BCUT2D eigenvalue weighted by Gasteiger charge is 2.20. The van der Waals surface area contributed by atoms with E-state index in [4.69, 9.17) is 5.73 Å². The van der Waals surface area contributed by atoms with Gasteiger partial charge in [-0.05, 0) is 12.1 Å². The highest BCUT2D eigenvalue weighted by molar-refractivity contribution is 6.09. The molecule has 4 amide bonds. The van der Waals surface area contributed by atoms with Crippen LogP contribution in [0.15, 0.2) is 30.3 Å². The number of carbonyl (C=O) groups excluding carboxylic acids is 2. The molecule has 5 N–H and O–H groups in total. The summed E-state index contributed by atoms with van der Waals surface area (Å²) in [5.41, 5.74) is 8.54. The molecule has 0 atom stereocenters. The summed E-state index contributed by atoms with van der Waals surface area (Å²) in [5, 5.41) is 0. The van der Waals surface area contributed by atoms with Crippen molar-refractivity contribution in [1.82, 2.24) is 0 Å². The van der Waals surface area contributed by atoms with Crippen molar-refractivity contribution in [3.05, 3.63) is 30.3 Å². The zero-order valence-electron chi connectivity index (χ0n) is 6.93. The van der Waals surface area contributed by atoms with Gasteiger partial charge in [0.15, 0.2) is 0 Å². The second-order valence-corrected chi connectivity index (χ2v) is 2.40. The van der Waals surface area contributed by atoms with Crippen molar-refractivity contribution in [3.63, 3.8) is 0 Å². The smallest absolute Gasteiger partial charge is 0.351 e. The first kappa shape index (κ1) is 9.21. The van der Waals surface area contributed by atoms with Crippen LogP contribution in [0.5, 0.6) is 0 Å². The average molecular weight is 180 g/mol. The highest BCUT2D eigenvalue weighted by Crippen LogP contribution is 2.11. The lowest BCUT2D eigenvalue weighted by Gasteiger charge is -2.12. The Bertz CT molecular complexity index is 309. The first-order valence-electron chi connectivity index (χ1n) is 3.63. The van der Waals surface area contributed by atoms with Crippen LogP contribution in [0.4, 0.5) is 15.3 Å². The number of urea groups is 2. The minimum absolute atomic E-state index is 0.426. The molecule has 0 heterocycles. The van der Waals surface area contributed by atoms with E-state index in [9.17, 15) is 9.59 Å². The van der Waals surface area contributed by atoms with E-state index in [0.717, 1.165) is 4.90 Å². The number of hydrogen-bond donors (Lipinski definition) is 2. The lowest BCUT2D eigenvalue weighted by atomic mass is 10.3. The van der Waals surface area contributed by atoms with E-state index < -0.39 is 12.1 Å². The fourth-order valence-electron chi connectivity index (χ4n) is 0.971. The van der Waals surface area contributed by atoms with Gasteiger partial charge in [0, 0.05) is 0 Å². The van der Waals surface area contributed by atoms with Crippen LogP contribution in [0.2, 0.25) is 0 Å². The van der Waals surface area contributed by atoms with Crippen LogP contribution < -0.4 is 16.4 Å². The molecule has 0 aliphatic carbocycles. The maximum Gasteiger partial charge on any atom is 0.426 e. The minimum Gasteiger partial charge on any atom is -0.351 e. The molecule has 68 valence electrons. The molecule has 0 radical (unpaired) electrons. The molecule has 1 aromatic rings. The monoisotopic (exact) mass is 180 g/mol. The summed E-state index contributed by atoms with van der Waals surface area (Å²) in [7, 11) is 0. The molecule has 0 aromatic heterocycles. The minimum atomic E-state index is -0.828. The highest BCUT2D eigenvalue weighted by atomic mass is 16.2. The Balaban J connectivity index is 3.03. The third-order valence-corrected chi connectivity index (χ3v) is 1.48. The van der Waals surface area contributed by atoms with Crippen molar-refractivity contribution >= 4 is 17.7 Å². The van der Waals surface area contributed by atoms with Crippen molar-refractivity contribution in [2.75, 3.05) is 4.90 Å². The van der Waals surface area contributed by atoms with Gasteiger partial charge >= 0.3 is 12.1 Å². The van der Waals surface area contributed by atoms with Gasteiger partial charge in [-0.25, -0.2) is 9.59 Å². The topological polar surface area (TPSA) is 91.0 Å². The maximum absolute atomic E-state index is 10.9. The van der Waals surface area contributed by atoms with Gasteiger partial charge in [-0.15, -0.1) is 0 Å². The Kier molecular flexibility index (Phi) is 2.61. The number of quaternary nitrogens is 1. The van der Waals surface area contributed by atoms with Crippen molar-refractivity contribution in [3.8, 4) is 0 Å². The Morgan fingerprint density at radius 2 is 1.77 bits per heavy atom. The molecule has 5 nitrogen and oxygen atoms in total. The number of nitrogens with two attached hydrogens (primary N) is 1. The van der Waals surface area contributed by atoms with E-state index in [1.165, 1.54) is 0 Å². The number of hydrogen-bond acceptors (Lipinski definition) is 2. The molecule has 1 rings (SSSR count). The first-order valence-corrected chi connectivity index (χ1v) is 3.63. The predicted molar refractivity (Wildman–Crippen MR) is 46.8 cm³/mol. The zero-order valence-corrected chi connectivity index (χ0v) is 6.93. The summed E-state index contributed by atoms with van der Waals surface area (Å²) in [6.07, 6.45) is 0. The summed E-state index contributed by atoms with van der Waals surface area (Å²) in [4.78, 5) is 22.5. The second kappa shape index (κ2) is 3.68. The van der Waals surface area contributed by atoms with Gasteiger partial charge in [0.05, 0.1) is 5.69 Å². The van der Waals surface area contributed by atoms with Gasteiger partial charge in [-0.3, -0.25) is 5.73 Å². The fraction of sp³-hybridized carbons (Fsp3) is 0. The van der Waals surface area contributed by atoms with Crippen molar-refractivity contribution < 1.29 is 15.3 Å². The van der Waals surface area contributed by atoms with Gasteiger partial charge in [0.2, 0.25) is 0 Å². The third-order valence-electron chi connectivity index (χ3n) is 1.48. The van der Waals surface area contributed by atoms with Gasteiger partial charge in [0.25, 0.3) is 0 Å². The van der Waals surface area contributed by atoms with Crippen molar-refractivity contribution in [1.29, 1.82) is 0 Å². The number of para-hydroxylation sites is 1. The van der Waals surface area contributed by atoms with Crippen LogP contribution >= 0.6 is 0 Å². The van der Waals surface area contributed by atoms with Gasteiger partial charge < -0.3 is 5.73 Å². The van der Waals surface area contributed by atoms with E-state index in [2.05, 4.69) is 5.73 Å². The number of benzene rings is 1.